The first kappa shape index (κ1) is 26.9. The molecule has 11 nitrogen and oxygen atoms in total. The number of nitrogens with zero attached hydrogens (tertiary/aromatic N) is 6. The van der Waals surface area contributed by atoms with Crippen molar-refractivity contribution >= 4 is 24.2 Å². The second-order valence-electron chi connectivity index (χ2n) is 8.81. The number of carboxylic acid groups (broad SMARTS) is 2. The van der Waals surface area contributed by atoms with Crippen LogP contribution in [0.4, 0.5) is 10.5 Å². The predicted molar refractivity (Wildman–Crippen MR) is 128 cm³/mol. The van der Waals surface area contributed by atoms with Crippen LogP contribution in [0.1, 0.15) is 38.8 Å². The fourth-order valence-corrected chi connectivity index (χ4v) is 4.41. The normalized spacial score (nSPS) is 21.3. The SMILES string of the molecule is CCN(C(=O)O)[C@@H]1C[C@H](C)[N+](C)(C(C)=O)c2ccc(-c3cn(CCN(C)C)nn3)cc21.O=CO. The summed E-state index contributed by atoms with van der Waals surface area (Å²) < 4.78 is 1.96. The van der Waals surface area contributed by atoms with Crippen molar-refractivity contribution < 1.29 is 24.6 Å². The molecule has 0 saturated heterocycles. The van der Waals surface area contributed by atoms with Gasteiger partial charge in [0.25, 0.3) is 6.47 Å². The maximum absolute atomic E-state index is 12.7. The number of benzene rings is 1. The third-order valence-electron chi connectivity index (χ3n) is 6.56. The molecule has 2 amide bonds. The Morgan fingerprint density at radius 3 is 2.50 bits per heavy atom. The lowest BCUT2D eigenvalue weighted by Gasteiger charge is -2.45. The van der Waals surface area contributed by atoms with Crippen molar-refractivity contribution in [1.82, 2.24) is 29.3 Å². The zero-order valence-electron chi connectivity index (χ0n) is 20.7. The average molecular weight is 476 g/mol. The van der Waals surface area contributed by atoms with Crippen molar-refractivity contribution in [3.8, 4) is 11.3 Å². The van der Waals surface area contributed by atoms with E-state index in [0.29, 0.717) is 13.0 Å². The molecule has 1 aliphatic rings. The summed E-state index contributed by atoms with van der Waals surface area (Å²) >= 11 is 0. The highest BCUT2D eigenvalue weighted by Crippen LogP contribution is 2.45. The highest BCUT2D eigenvalue weighted by atomic mass is 16.4. The van der Waals surface area contributed by atoms with E-state index in [1.165, 1.54) is 4.90 Å². The van der Waals surface area contributed by atoms with E-state index in [2.05, 4.69) is 15.2 Å². The van der Waals surface area contributed by atoms with Gasteiger partial charge in [-0.05, 0) is 40.1 Å². The third-order valence-corrected chi connectivity index (χ3v) is 6.56. The van der Waals surface area contributed by atoms with Crippen molar-refractivity contribution in [2.45, 2.75) is 45.8 Å². The van der Waals surface area contributed by atoms with Gasteiger partial charge in [0.05, 0.1) is 38.8 Å². The van der Waals surface area contributed by atoms with Crippen LogP contribution in [0.5, 0.6) is 0 Å². The Bertz CT molecular complexity index is 1020. The van der Waals surface area contributed by atoms with Gasteiger partial charge in [-0.2, -0.15) is 0 Å². The summed E-state index contributed by atoms with van der Waals surface area (Å²) in [6.45, 7) is 7.16. The van der Waals surface area contributed by atoms with Crippen molar-refractivity contribution in [1.29, 1.82) is 0 Å². The highest BCUT2D eigenvalue weighted by Gasteiger charge is 2.47. The van der Waals surface area contributed by atoms with Gasteiger partial charge in [0.2, 0.25) is 0 Å². The Labute approximate surface area is 199 Å². The highest BCUT2D eigenvalue weighted by molar-refractivity contribution is 5.89. The zero-order valence-corrected chi connectivity index (χ0v) is 20.7. The van der Waals surface area contributed by atoms with Crippen LogP contribution in [-0.2, 0) is 16.1 Å². The van der Waals surface area contributed by atoms with Gasteiger partial charge in [-0.25, -0.2) is 14.1 Å². The predicted octanol–water partition coefficient (Wildman–Crippen LogP) is 2.52. The van der Waals surface area contributed by atoms with Gasteiger partial charge in [-0.15, -0.1) is 5.10 Å². The lowest BCUT2D eigenvalue weighted by molar-refractivity contribution is -0.129. The minimum atomic E-state index is -0.954. The summed E-state index contributed by atoms with van der Waals surface area (Å²) in [4.78, 5) is 36.5. The Kier molecular flexibility index (Phi) is 8.88. The van der Waals surface area contributed by atoms with E-state index < -0.39 is 6.09 Å². The molecule has 0 fully saturated rings. The summed E-state index contributed by atoms with van der Waals surface area (Å²) in [6.07, 6.45) is 1.52. The molecule has 2 N–H and O–H groups in total. The quantitative estimate of drug-likeness (QED) is 0.482. The molecule has 0 saturated carbocycles. The van der Waals surface area contributed by atoms with E-state index in [-0.39, 0.29) is 28.9 Å². The van der Waals surface area contributed by atoms with Crippen LogP contribution in [0.15, 0.2) is 24.4 Å². The molecule has 11 heteroatoms. The van der Waals surface area contributed by atoms with E-state index in [4.69, 9.17) is 9.90 Å². The number of aromatic nitrogens is 3. The number of amides is 2. The first-order chi connectivity index (χ1) is 16.0. The Morgan fingerprint density at radius 1 is 1.32 bits per heavy atom. The maximum atomic E-state index is 12.7. The van der Waals surface area contributed by atoms with Crippen molar-refractivity contribution in [2.24, 2.45) is 0 Å². The van der Waals surface area contributed by atoms with Crippen LogP contribution < -0.4 is 4.48 Å². The molecule has 34 heavy (non-hydrogen) atoms. The van der Waals surface area contributed by atoms with E-state index in [1.807, 2.05) is 59.4 Å². The maximum Gasteiger partial charge on any atom is 0.407 e. The van der Waals surface area contributed by atoms with Crippen LogP contribution in [0, 0.1) is 0 Å². The number of rotatable bonds is 6. The van der Waals surface area contributed by atoms with Gasteiger partial charge >= 0.3 is 12.0 Å². The molecule has 1 aromatic heterocycles. The minimum absolute atomic E-state index is 0.0351. The number of carbonyl (C=O) groups is 3. The fraction of sp³-hybridized carbons (Fsp3) is 0.522. The topological polar surface area (TPSA) is 129 Å². The largest absolute Gasteiger partial charge is 0.483 e. The van der Waals surface area contributed by atoms with Gasteiger partial charge in [-0.3, -0.25) is 9.48 Å². The van der Waals surface area contributed by atoms with Gasteiger partial charge in [0, 0.05) is 36.7 Å². The van der Waals surface area contributed by atoms with Crippen LogP contribution in [0.25, 0.3) is 11.3 Å². The number of hydrogen-bond donors (Lipinski definition) is 2. The van der Waals surface area contributed by atoms with E-state index in [1.54, 1.807) is 11.6 Å². The number of fused-ring (bicyclic) bond motifs is 1. The second-order valence-corrected chi connectivity index (χ2v) is 8.81. The second kappa shape index (κ2) is 11.2. The van der Waals surface area contributed by atoms with Crippen LogP contribution in [0.2, 0.25) is 0 Å². The van der Waals surface area contributed by atoms with Crippen LogP contribution in [-0.4, -0.2) is 93.8 Å². The Hall–Kier alpha value is -3.31. The molecule has 0 radical (unpaired) electrons. The molecule has 186 valence electrons. The Morgan fingerprint density at radius 2 is 1.97 bits per heavy atom. The molecule has 2 aromatic rings. The summed E-state index contributed by atoms with van der Waals surface area (Å²) in [5.41, 5.74) is 3.31. The molecule has 3 atom stereocenters. The van der Waals surface area contributed by atoms with Crippen molar-refractivity contribution in [3.05, 3.63) is 30.0 Å². The van der Waals surface area contributed by atoms with E-state index in [9.17, 15) is 14.7 Å². The first-order valence-corrected chi connectivity index (χ1v) is 11.2. The molecule has 1 aromatic carbocycles. The summed E-state index contributed by atoms with van der Waals surface area (Å²) in [5.74, 6) is 0.0351. The first-order valence-electron chi connectivity index (χ1n) is 11.2. The molecule has 2 heterocycles. The monoisotopic (exact) mass is 475 g/mol. The summed E-state index contributed by atoms with van der Waals surface area (Å²) in [6, 6.07) is 5.52. The number of hydrogen-bond acceptors (Lipinski definition) is 6. The molecular weight excluding hydrogens is 440 g/mol. The van der Waals surface area contributed by atoms with Gasteiger partial charge in [-0.1, -0.05) is 5.21 Å². The zero-order chi connectivity index (χ0) is 25.6. The van der Waals surface area contributed by atoms with Gasteiger partial charge in [0.15, 0.2) is 0 Å². The van der Waals surface area contributed by atoms with Crippen molar-refractivity contribution in [2.75, 3.05) is 34.2 Å². The van der Waals surface area contributed by atoms with E-state index in [0.717, 1.165) is 35.6 Å². The standard InChI is InChI=1S/C22H32N6O3.CH2O2/c1-7-27(22(30)31)20-12-15(2)28(6,16(3)29)21-9-8-17(13-18(20)21)19-14-26(24-23-19)11-10-25(4)5;2-1-3/h8-9,13-15,20H,7,10-12H2,1-6H3;1H,(H,2,3)/p+1/t15-,20+,28?;/m0./s1. The van der Waals surface area contributed by atoms with Crippen LogP contribution >= 0.6 is 0 Å². The van der Waals surface area contributed by atoms with Crippen LogP contribution in [0.3, 0.4) is 0 Å². The molecule has 0 bridgehead atoms. The molecule has 0 spiro atoms. The number of quaternary nitrogens is 1. The van der Waals surface area contributed by atoms with Gasteiger partial charge < -0.3 is 20.0 Å². The Balaban J connectivity index is 0.00000129. The third kappa shape index (κ3) is 5.42. The summed E-state index contributed by atoms with van der Waals surface area (Å²) in [7, 11) is 5.93. The molecular formula is C23H35N6O5+. The molecule has 1 aliphatic heterocycles. The average Bonchev–Trinajstić information content (AvgIpc) is 3.25. The fourth-order valence-electron chi connectivity index (χ4n) is 4.41. The smallest absolute Gasteiger partial charge is 0.407 e. The molecule has 0 aliphatic carbocycles. The van der Waals surface area contributed by atoms with Gasteiger partial charge in [0.1, 0.15) is 11.4 Å². The van der Waals surface area contributed by atoms with E-state index >= 15 is 0 Å². The minimum Gasteiger partial charge on any atom is -0.483 e. The summed E-state index contributed by atoms with van der Waals surface area (Å²) in [5, 5.41) is 25.2. The number of carbonyl (C=O) groups excluding carboxylic acids is 1. The molecule has 1 unspecified atom stereocenters. The molecule has 3 rings (SSSR count). The number of likely N-dealkylation sites (N-methyl/N-ethyl adjacent to an activating group) is 1. The lowest BCUT2D eigenvalue weighted by Crippen LogP contribution is -2.60. The van der Waals surface area contributed by atoms with Crippen molar-refractivity contribution in [3.63, 3.8) is 0 Å². The lowest BCUT2D eigenvalue weighted by atomic mass is 9.87.